The molecule has 0 aliphatic rings. The van der Waals surface area contributed by atoms with Crippen LogP contribution in [0.2, 0.25) is 0 Å². The molecule has 0 aromatic carbocycles. The van der Waals surface area contributed by atoms with E-state index in [4.69, 9.17) is 19.3 Å². The van der Waals surface area contributed by atoms with Gasteiger partial charge in [-0.1, -0.05) is 163 Å². The summed E-state index contributed by atoms with van der Waals surface area (Å²) in [5.41, 5.74) is 0. The van der Waals surface area contributed by atoms with Gasteiger partial charge in [0.1, 0.15) is 6.61 Å². The highest BCUT2D eigenvalue weighted by Gasteiger charge is 2.22. The summed E-state index contributed by atoms with van der Waals surface area (Å²) in [7, 11) is -4.81. The maximum Gasteiger partial charge on any atom is 0.469 e. The molecule has 10 heteroatoms. The summed E-state index contributed by atoms with van der Waals surface area (Å²) < 4.78 is 26.3. The SMILES string of the molecule is CC/C=C\C/C=C\C/C=C\C/C=C\C=C/C(O)C/C=C\CCC(=O)O[C@H](COC(=O)CCCCCCCCC/C=C\CCCCCCCC)COP(=O)(O)O. The number of phosphoric acid groups is 1. The molecule has 0 spiro atoms. The number of phosphoric ester groups is 1. The topological polar surface area (TPSA) is 140 Å². The summed E-state index contributed by atoms with van der Waals surface area (Å²) in [5, 5.41) is 10.1. The van der Waals surface area contributed by atoms with Gasteiger partial charge in [0.05, 0.1) is 12.7 Å². The zero-order valence-electron chi connectivity index (χ0n) is 34.2. The van der Waals surface area contributed by atoms with Gasteiger partial charge in [-0.05, 0) is 70.6 Å². The van der Waals surface area contributed by atoms with E-state index in [0.717, 1.165) is 51.4 Å². The molecule has 0 rings (SSSR count). The van der Waals surface area contributed by atoms with Crippen molar-refractivity contribution in [3.8, 4) is 0 Å². The number of carbonyl (C=O) groups excluding carboxylic acids is 2. The van der Waals surface area contributed by atoms with E-state index in [9.17, 15) is 19.3 Å². The number of unbranched alkanes of at least 4 members (excludes halogenated alkanes) is 13. The molecule has 0 aromatic heterocycles. The Labute approximate surface area is 334 Å². The number of esters is 2. The molecule has 0 saturated heterocycles. The minimum atomic E-state index is -4.81. The molecule has 0 aliphatic carbocycles. The van der Waals surface area contributed by atoms with Crippen LogP contribution in [0.1, 0.15) is 162 Å². The number of hydrogen-bond acceptors (Lipinski definition) is 7. The monoisotopic (exact) mass is 791 g/mol. The smallest absolute Gasteiger partial charge is 0.462 e. The summed E-state index contributed by atoms with van der Waals surface area (Å²) >= 11 is 0. The van der Waals surface area contributed by atoms with Crippen molar-refractivity contribution in [3.05, 3.63) is 85.1 Å². The van der Waals surface area contributed by atoms with Crippen molar-refractivity contribution in [1.82, 2.24) is 0 Å². The lowest BCUT2D eigenvalue weighted by Crippen LogP contribution is -2.29. The zero-order chi connectivity index (χ0) is 40.5. The average Bonchev–Trinajstić information content (AvgIpc) is 3.15. The normalized spacial score (nSPS) is 13.9. The molecule has 9 nitrogen and oxygen atoms in total. The van der Waals surface area contributed by atoms with Crippen LogP contribution in [0.25, 0.3) is 0 Å². The van der Waals surface area contributed by atoms with Gasteiger partial charge in [0.2, 0.25) is 0 Å². The maximum absolute atomic E-state index is 12.4. The molecule has 55 heavy (non-hydrogen) atoms. The van der Waals surface area contributed by atoms with Crippen LogP contribution in [0.4, 0.5) is 0 Å². The van der Waals surface area contributed by atoms with Crippen LogP contribution in [0, 0.1) is 0 Å². The van der Waals surface area contributed by atoms with Gasteiger partial charge in [-0.25, -0.2) is 4.57 Å². The molecule has 0 bridgehead atoms. The quantitative estimate of drug-likeness (QED) is 0.0184. The Morgan fingerprint density at radius 1 is 0.582 bits per heavy atom. The number of ether oxygens (including phenoxy) is 2. The van der Waals surface area contributed by atoms with E-state index in [1.165, 1.54) is 64.2 Å². The summed E-state index contributed by atoms with van der Waals surface area (Å²) in [6, 6.07) is 0. The van der Waals surface area contributed by atoms with Gasteiger partial charge in [-0.2, -0.15) is 0 Å². The van der Waals surface area contributed by atoms with Gasteiger partial charge < -0.3 is 24.4 Å². The van der Waals surface area contributed by atoms with E-state index in [1.54, 1.807) is 24.3 Å². The number of hydrogen-bond donors (Lipinski definition) is 3. The first-order valence-electron chi connectivity index (χ1n) is 21.0. The largest absolute Gasteiger partial charge is 0.469 e. The van der Waals surface area contributed by atoms with Crippen LogP contribution in [0.5, 0.6) is 0 Å². The Morgan fingerprint density at radius 3 is 1.73 bits per heavy atom. The minimum absolute atomic E-state index is 0.000693. The van der Waals surface area contributed by atoms with Gasteiger partial charge in [0.15, 0.2) is 6.10 Å². The molecule has 2 atom stereocenters. The fourth-order valence-electron chi connectivity index (χ4n) is 5.36. The molecule has 1 unspecified atom stereocenters. The van der Waals surface area contributed by atoms with Crippen LogP contribution in [-0.2, 0) is 28.2 Å². The average molecular weight is 791 g/mol. The van der Waals surface area contributed by atoms with Crippen molar-refractivity contribution in [2.75, 3.05) is 13.2 Å². The van der Waals surface area contributed by atoms with Gasteiger partial charge in [0.25, 0.3) is 0 Å². The molecule has 0 heterocycles. The van der Waals surface area contributed by atoms with Crippen molar-refractivity contribution in [3.63, 3.8) is 0 Å². The number of carbonyl (C=O) groups is 2. The second kappa shape index (κ2) is 39.4. The molecule has 0 aromatic rings. The second-order valence-electron chi connectivity index (χ2n) is 13.8. The molecule has 0 fully saturated rings. The molecular formula is C45H75O9P. The Morgan fingerprint density at radius 2 is 1.13 bits per heavy atom. The van der Waals surface area contributed by atoms with E-state index in [2.05, 4.69) is 67.0 Å². The third-order valence-electron chi connectivity index (χ3n) is 8.49. The summed E-state index contributed by atoms with van der Waals surface area (Å²) in [6.07, 6.45) is 49.1. The first kappa shape index (κ1) is 52.2. The van der Waals surface area contributed by atoms with E-state index in [1.807, 2.05) is 12.2 Å². The first-order chi connectivity index (χ1) is 26.7. The van der Waals surface area contributed by atoms with Crippen LogP contribution < -0.4 is 0 Å². The molecule has 0 aliphatic heterocycles. The van der Waals surface area contributed by atoms with E-state index < -0.39 is 38.6 Å². The molecule has 0 saturated carbocycles. The fraction of sp³-hybridized carbons (Fsp3) is 0.644. The Bertz CT molecular complexity index is 1180. The zero-order valence-corrected chi connectivity index (χ0v) is 35.0. The summed E-state index contributed by atoms with van der Waals surface area (Å²) in [6.45, 7) is 3.41. The molecule has 3 N–H and O–H groups in total. The predicted molar refractivity (Wildman–Crippen MR) is 226 cm³/mol. The lowest BCUT2D eigenvalue weighted by Gasteiger charge is -2.18. The Kier molecular flexibility index (Phi) is 37.4. The molecular weight excluding hydrogens is 715 g/mol. The second-order valence-corrected chi connectivity index (χ2v) is 15.0. The van der Waals surface area contributed by atoms with Crippen molar-refractivity contribution < 1.29 is 43.0 Å². The van der Waals surface area contributed by atoms with Gasteiger partial charge in [0, 0.05) is 12.8 Å². The lowest BCUT2D eigenvalue weighted by molar-refractivity contribution is -0.161. The highest BCUT2D eigenvalue weighted by molar-refractivity contribution is 7.46. The molecule has 0 amide bonds. The van der Waals surface area contributed by atoms with Crippen LogP contribution in [0.3, 0.4) is 0 Å². The third kappa shape index (κ3) is 42.2. The molecule has 314 valence electrons. The van der Waals surface area contributed by atoms with Crippen molar-refractivity contribution >= 4 is 19.8 Å². The van der Waals surface area contributed by atoms with Crippen LogP contribution in [-0.4, -0.2) is 52.3 Å². The lowest BCUT2D eigenvalue weighted by atomic mass is 10.1. The Hall–Kier alpha value is -2.81. The van der Waals surface area contributed by atoms with Crippen molar-refractivity contribution in [2.24, 2.45) is 0 Å². The maximum atomic E-state index is 12.4. The summed E-state index contributed by atoms with van der Waals surface area (Å²) in [4.78, 5) is 42.8. The van der Waals surface area contributed by atoms with E-state index in [-0.39, 0.29) is 19.4 Å². The van der Waals surface area contributed by atoms with Crippen LogP contribution >= 0.6 is 7.82 Å². The van der Waals surface area contributed by atoms with E-state index >= 15 is 0 Å². The minimum Gasteiger partial charge on any atom is -0.462 e. The highest BCUT2D eigenvalue weighted by atomic mass is 31.2. The van der Waals surface area contributed by atoms with Crippen LogP contribution in [0.15, 0.2) is 85.1 Å². The number of allylic oxidation sites excluding steroid dienone is 12. The number of rotatable bonds is 37. The third-order valence-corrected chi connectivity index (χ3v) is 8.98. The fourth-order valence-corrected chi connectivity index (χ4v) is 5.72. The number of aliphatic hydroxyl groups is 1. The van der Waals surface area contributed by atoms with Gasteiger partial charge >= 0.3 is 19.8 Å². The summed E-state index contributed by atoms with van der Waals surface area (Å²) in [5.74, 6) is -1.08. The molecule has 0 radical (unpaired) electrons. The van der Waals surface area contributed by atoms with E-state index in [0.29, 0.717) is 19.3 Å². The highest BCUT2D eigenvalue weighted by Crippen LogP contribution is 2.36. The van der Waals surface area contributed by atoms with Crippen molar-refractivity contribution in [2.45, 2.75) is 174 Å². The predicted octanol–water partition coefficient (Wildman–Crippen LogP) is 11.8. The van der Waals surface area contributed by atoms with Crippen molar-refractivity contribution in [1.29, 1.82) is 0 Å². The number of aliphatic hydroxyl groups excluding tert-OH is 1. The first-order valence-corrected chi connectivity index (χ1v) is 22.5. The Balaban J connectivity index is 4.17. The van der Waals surface area contributed by atoms with Gasteiger partial charge in [-0.3, -0.25) is 14.1 Å². The van der Waals surface area contributed by atoms with Gasteiger partial charge in [-0.15, -0.1) is 0 Å². The standard InChI is InChI=1S/C45H75O9P/c1-3-5-7-9-11-13-15-17-18-19-20-22-24-26-28-30-34-38-44(47)52-40-43(41-53-55(49,50)51)54-45(48)39-35-31-33-37-42(46)36-32-29-27-25-23-21-16-14-12-10-8-6-4-2/h6,8,12,14,17-18,21,23,27,29,31-33,36,42-43,46H,3-5,7,9-11,13,15-16,19-20,22,24-26,28,30,34-35,37-41H2,1-2H3,(H2,49,50,51)/b8-6-,14-12-,18-17-,23-21-,29-27-,33-31-,36-32-/t42?,43-/m1/s1.